The van der Waals surface area contributed by atoms with Gasteiger partial charge in [-0.15, -0.1) is 0 Å². The van der Waals surface area contributed by atoms with Gasteiger partial charge in [0.25, 0.3) is 0 Å². The fourth-order valence-corrected chi connectivity index (χ4v) is 2.54. The van der Waals surface area contributed by atoms with Crippen molar-refractivity contribution < 1.29 is 40.7 Å². The molecular weight excluding hydrogens is 378 g/mol. The van der Waals surface area contributed by atoms with Gasteiger partial charge in [-0.1, -0.05) is 24.3 Å². The molecule has 0 aliphatic heterocycles. The number of carbonyl (C=O) groups is 2. The van der Waals surface area contributed by atoms with E-state index < -0.39 is 46.5 Å². The van der Waals surface area contributed by atoms with Crippen LogP contribution in [0.1, 0.15) is 43.0 Å². The van der Waals surface area contributed by atoms with Gasteiger partial charge in [-0.2, -0.15) is 26.3 Å². The molecule has 0 unspecified atom stereocenters. The fraction of sp³-hybridized carbons (Fsp3) is 0.222. The van der Waals surface area contributed by atoms with Crippen molar-refractivity contribution in [1.82, 2.24) is 0 Å². The Hall–Kier alpha value is -2.84. The Kier molecular flexibility index (Phi) is 5.35. The summed E-state index contributed by atoms with van der Waals surface area (Å²) in [5.41, 5.74) is -4.82. The summed E-state index contributed by atoms with van der Waals surface area (Å²) in [6.45, 7) is 2.37. The molecule has 144 valence electrons. The number of hydrogen-bond donors (Lipinski definition) is 0. The normalized spacial score (nSPS) is 12.0. The summed E-state index contributed by atoms with van der Waals surface area (Å²) in [7, 11) is 0. The molecule has 0 spiro atoms. The molecule has 0 aliphatic rings. The zero-order valence-electron chi connectivity index (χ0n) is 14.0. The van der Waals surface area contributed by atoms with Gasteiger partial charge in [0.05, 0.1) is 22.3 Å². The molecule has 9 heteroatoms. The molecule has 0 aromatic heterocycles. The molecule has 0 aliphatic carbocycles. The second-order valence-corrected chi connectivity index (χ2v) is 5.67. The van der Waals surface area contributed by atoms with Gasteiger partial charge < -0.3 is 4.74 Å². The van der Waals surface area contributed by atoms with E-state index in [1.165, 1.54) is 26.0 Å². The SMILES string of the molecule is Cc1cccc(C(F)(F)F)c1C(=O)OC(=O)c1c(C)cccc1C(F)(F)F. The number of carbonyl (C=O) groups excluding carboxylic acids is 2. The minimum Gasteiger partial charge on any atom is -0.386 e. The van der Waals surface area contributed by atoms with Crippen LogP contribution in [-0.4, -0.2) is 11.9 Å². The average molecular weight is 390 g/mol. The zero-order chi connectivity index (χ0) is 20.6. The van der Waals surface area contributed by atoms with Crippen molar-refractivity contribution in [2.24, 2.45) is 0 Å². The van der Waals surface area contributed by atoms with Crippen LogP contribution in [0, 0.1) is 13.8 Å². The quantitative estimate of drug-likeness (QED) is 0.395. The number of alkyl halides is 6. The Morgan fingerprint density at radius 3 is 1.33 bits per heavy atom. The first-order chi connectivity index (χ1) is 12.3. The van der Waals surface area contributed by atoms with Gasteiger partial charge in [-0.05, 0) is 37.1 Å². The summed E-state index contributed by atoms with van der Waals surface area (Å²) in [5.74, 6) is -3.36. The lowest BCUT2D eigenvalue weighted by molar-refractivity contribution is -0.138. The first-order valence-corrected chi connectivity index (χ1v) is 7.44. The van der Waals surface area contributed by atoms with Gasteiger partial charge in [-0.3, -0.25) is 0 Å². The van der Waals surface area contributed by atoms with Gasteiger partial charge >= 0.3 is 24.3 Å². The van der Waals surface area contributed by atoms with E-state index in [2.05, 4.69) is 4.74 Å². The standard InChI is InChI=1S/C18H12F6O3/c1-9-5-3-7-11(17(19,20)21)13(9)15(25)27-16(26)14-10(2)6-4-8-12(14)18(22,23)24/h3-8H,1-2H3. The summed E-state index contributed by atoms with van der Waals surface area (Å²) >= 11 is 0. The Bertz CT molecular complexity index is 823. The van der Waals surface area contributed by atoms with Crippen LogP contribution >= 0.6 is 0 Å². The van der Waals surface area contributed by atoms with E-state index in [1.54, 1.807) is 0 Å². The maximum atomic E-state index is 13.1. The first kappa shape index (κ1) is 20.5. The maximum Gasteiger partial charge on any atom is 0.417 e. The lowest BCUT2D eigenvalue weighted by Crippen LogP contribution is -2.22. The molecule has 0 radical (unpaired) electrons. The molecule has 2 aromatic carbocycles. The molecule has 0 heterocycles. The van der Waals surface area contributed by atoms with Crippen LogP contribution in [0.5, 0.6) is 0 Å². The topological polar surface area (TPSA) is 43.4 Å². The number of halogens is 6. The van der Waals surface area contributed by atoms with Crippen molar-refractivity contribution in [3.05, 3.63) is 69.8 Å². The third-order valence-electron chi connectivity index (χ3n) is 3.75. The highest BCUT2D eigenvalue weighted by Crippen LogP contribution is 2.35. The van der Waals surface area contributed by atoms with E-state index in [0.717, 1.165) is 12.1 Å². The first-order valence-electron chi connectivity index (χ1n) is 7.44. The molecule has 0 fully saturated rings. The van der Waals surface area contributed by atoms with E-state index in [9.17, 15) is 35.9 Å². The van der Waals surface area contributed by atoms with E-state index in [-0.39, 0.29) is 11.1 Å². The lowest BCUT2D eigenvalue weighted by atomic mass is 10.0. The van der Waals surface area contributed by atoms with Crippen molar-refractivity contribution in [3.8, 4) is 0 Å². The monoisotopic (exact) mass is 390 g/mol. The maximum absolute atomic E-state index is 13.1. The molecule has 0 bridgehead atoms. The predicted molar refractivity (Wildman–Crippen MR) is 82.1 cm³/mol. The minimum atomic E-state index is -4.91. The van der Waals surface area contributed by atoms with Crippen LogP contribution in [0.15, 0.2) is 36.4 Å². The smallest absolute Gasteiger partial charge is 0.386 e. The van der Waals surface area contributed by atoms with Gasteiger partial charge in [0.1, 0.15) is 0 Å². The Morgan fingerprint density at radius 1 is 0.704 bits per heavy atom. The predicted octanol–water partition coefficient (Wildman–Crippen LogP) is 5.34. The molecule has 0 amide bonds. The van der Waals surface area contributed by atoms with Crippen molar-refractivity contribution in [2.75, 3.05) is 0 Å². The van der Waals surface area contributed by atoms with Gasteiger partial charge in [0.15, 0.2) is 0 Å². The number of hydrogen-bond acceptors (Lipinski definition) is 3. The third kappa shape index (κ3) is 4.29. The summed E-state index contributed by atoms with van der Waals surface area (Å²) in [4.78, 5) is 24.3. The zero-order valence-corrected chi connectivity index (χ0v) is 14.0. The Balaban J connectivity index is 2.47. The highest BCUT2D eigenvalue weighted by Gasteiger charge is 2.39. The largest absolute Gasteiger partial charge is 0.417 e. The van der Waals surface area contributed by atoms with E-state index in [0.29, 0.717) is 12.1 Å². The molecule has 3 nitrogen and oxygen atoms in total. The number of esters is 2. The molecule has 0 N–H and O–H groups in total. The fourth-order valence-electron chi connectivity index (χ4n) is 2.54. The van der Waals surface area contributed by atoms with Gasteiger partial charge in [0, 0.05) is 0 Å². The molecule has 2 aromatic rings. The highest BCUT2D eigenvalue weighted by molar-refractivity contribution is 6.05. The highest BCUT2D eigenvalue weighted by atomic mass is 19.4. The second-order valence-electron chi connectivity index (χ2n) is 5.67. The van der Waals surface area contributed by atoms with Crippen molar-refractivity contribution in [2.45, 2.75) is 26.2 Å². The van der Waals surface area contributed by atoms with E-state index in [4.69, 9.17) is 0 Å². The summed E-state index contributed by atoms with van der Waals surface area (Å²) in [6.07, 6.45) is -9.83. The van der Waals surface area contributed by atoms with Crippen molar-refractivity contribution >= 4 is 11.9 Å². The number of ether oxygens (including phenoxy) is 1. The lowest BCUT2D eigenvalue weighted by Gasteiger charge is -2.16. The summed E-state index contributed by atoms with van der Waals surface area (Å²) < 4.78 is 82.9. The van der Waals surface area contributed by atoms with Crippen LogP contribution in [0.25, 0.3) is 0 Å². The van der Waals surface area contributed by atoms with Crippen molar-refractivity contribution in [3.63, 3.8) is 0 Å². The molecule has 0 saturated carbocycles. The number of aryl methyl sites for hydroxylation is 2. The van der Waals surface area contributed by atoms with E-state index in [1.807, 2.05) is 0 Å². The van der Waals surface area contributed by atoms with Crippen molar-refractivity contribution in [1.29, 1.82) is 0 Å². The Labute approximate surface area is 149 Å². The van der Waals surface area contributed by atoms with Gasteiger partial charge in [-0.25, -0.2) is 9.59 Å². The number of rotatable bonds is 2. The van der Waals surface area contributed by atoms with Crippen LogP contribution < -0.4 is 0 Å². The third-order valence-corrected chi connectivity index (χ3v) is 3.75. The van der Waals surface area contributed by atoms with Crippen LogP contribution in [0.2, 0.25) is 0 Å². The molecule has 2 rings (SSSR count). The van der Waals surface area contributed by atoms with Crippen LogP contribution in [0.3, 0.4) is 0 Å². The minimum absolute atomic E-state index is 0.136. The summed E-state index contributed by atoms with van der Waals surface area (Å²) in [6, 6.07) is 5.71. The molecule has 27 heavy (non-hydrogen) atoms. The molecule has 0 saturated heterocycles. The number of benzene rings is 2. The van der Waals surface area contributed by atoms with Crippen LogP contribution in [-0.2, 0) is 17.1 Å². The second kappa shape index (κ2) is 7.05. The van der Waals surface area contributed by atoms with Crippen LogP contribution in [0.4, 0.5) is 26.3 Å². The van der Waals surface area contributed by atoms with Gasteiger partial charge in [0.2, 0.25) is 0 Å². The molecular formula is C18H12F6O3. The molecule has 0 atom stereocenters. The Morgan fingerprint density at radius 2 is 1.04 bits per heavy atom. The van der Waals surface area contributed by atoms with E-state index >= 15 is 0 Å². The average Bonchev–Trinajstić information content (AvgIpc) is 2.52. The summed E-state index contributed by atoms with van der Waals surface area (Å²) in [5, 5.41) is 0.